The molecule has 0 aromatic carbocycles. The molecule has 1 saturated carbocycles. The summed E-state index contributed by atoms with van der Waals surface area (Å²) in [5.41, 5.74) is 0. The Morgan fingerprint density at radius 1 is 1.13 bits per heavy atom. The van der Waals surface area contributed by atoms with Gasteiger partial charge in [0.25, 0.3) is 0 Å². The van der Waals surface area contributed by atoms with Crippen molar-refractivity contribution >= 4 is 11.6 Å². The van der Waals surface area contributed by atoms with Crippen LogP contribution in [0.15, 0.2) is 0 Å². The third-order valence-electron chi connectivity index (χ3n) is 3.61. The Morgan fingerprint density at radius 3 is 2.47 bits per heavy atom. The van der Waals surface area contributed by atoms with E-state index in [0.29, 0.717) is 23.6 Å². The minimum absolute atomic E-state index is 0.422. The van der Waals surface area contributed by atoms with Crippen LogP contribution in [0.1, 0.15) is 45.4 Å². The van der Waals surface area contributed by atoms with Gasteiger partial charge in [-0.2, -0.15) is 0 Å². The molecule has 2 unspecified atom stereocenters. The van der Waals surface area contributed by atoms with E-state index in [9.17, 15) is 0 Å². The van der Waals surface area contributed by atoms with Crippen LogP contribution in [0.5, 0.6) is 0 Å². The smallest absolute Gasteiger partial charge is 0.0704 e. The van der Waals surface area contributed by atoms with Crippen LogP contribution in [0, 0.1) is 0 Å². The molecule has 2 atom stereocenters. The van der Waals surface area contributed by atoms with E-state index < -0.39 is 0 Å². The molecule has 0 amide bonds. The van der Waals surface area contributed by atoms with Gasteiger partial charge in [0, 0.05) is 18.0 Å². The van der Waals surface area contributed by atoms with Crippen molar-refractivity contribution in [1.29, 1.82) is 0 Å². The fraction of sp³-hybridized carbons (Fsp3) is 1.00. The molecule has 1 saturated heterocycles. The monoisotopic (exact) mass is 231 g/mol. The van der Waals surface area contributed by atoms with E-state index in [0.717, 1.165) is 6.54 Å². The lowest BCUT2D eigenvalue weighted by Crippen LogP contribution is -2.38. The summed E-state index contributed by atoms with van der Waals surface area (Å²) in [4.78, 5) is 0. The Labute approximate surface area is 97.7 Å². The first-order chi connectivity index (χ1) is 7.24. The van der Waals surface area contributed by atoms with Crippen molar-refractivity contribution in [3.63, 3.8) is 0 Å². The van der Waals surface area contributed by atoms with Gasteiger partial charge in [0.1, 0.15) is 0 Å². The molecule has 0 spiro atoms. The zero-order valence-electron chi connectivity index (χ0n) is 9.55. The van der Waals surface area contributed by atoms with Gasteiger partial charge in [-0.15, -0.1) is 11.6 Å². The fourth-order valence-corrected chi connectivity index (χ4v) is 2.84. The number of alkyl halides is 1. The Balaban J connectivity index is 1.61. The van der Waals surface area contributed by atoms with Crippen LogP contribution >= 0.6 is 11.6 Å². The van der Waals surface area contributed by atoms with E-state index in [-0.39, 0.29) is 0 Å². The first-order valence-corrected chi connectivity index (χ1v) is 6.70. The van der Waals surface area contributed by atoms with Crippen LogP contribution in [0.4, 0.5) is 0 Å². The average Bonchev–Trinajstić information content (AvgIpc) is 2.64. The topological polar surface area (TPSA) is 21.3 Å². The molecule has 2 nitrogen and oxygen atoms in total. The Morgan fingerprint density at radius 2 is 1.87 bits per heavy atom. The van der Waals surface area contributed by atoms with E-state index >= 15 is 0 Å². The van der Waals surface area contributed by atoms with E-state index in [1.54, 1.807) is 0 Å². The summed E-state index contributed by atoms with van der Waals surface area (Å²) in [5, 5.41) is 4.04. The van der Waals surface area contributed by atoms with E-state index in [4.69, 9.17) is 16.3 Å². The van der Waals surface area contributed by atoms with Gasteiger partial charge in [-0.1, -0.05) is 0 Å². The van der Waals surface area contributed by atoms with Crippen LogP contribution in [0.25, 0.3) is 0 Å². The van der Waals surface area contributed by atoms with Crippen molar-refractivity contribution < 1.29 is 4.74 Å². The van der Waals surface area contributed by atoms with Gasteiger partial charge in [0.15, 0.2) is 0 Å². The molecule has 0 radical (unpaired) electrons. The van der Waals surface area contributed by atoms with Crippen molar-refractivity contribution in [3.8, 4) is 0 Å². The van der Waals surface area contributed by atoms with Gasteiger partial charge >= 0.3 is 0 Å². The van der Waals surface area contributed by atoms with E-state index in [2.05, 4.69) is 12.2 Å². The highest BCUT2D eigenvalue weighted by Crippen LogP contribution is 2.23. The molecule has 1 N–H and O–H groups in total. The third-order valence-corrected chi connectivity index (χ3v) is 4.05. The SMILES string of the molecule is CC1CCC(CNC2CCC(Cl)CC2)O1. The Bertz CT molecular complexity index is 192. The predicted molar refractivity (Wildman–Crippen MR) is 63.5 cm³/mol. The van der Waals surface area contributed by atoms with Crippen molar-refractivity contribution in [2.24, 2.45) is 0 Å². The van der Waals surface area contributed by atoms with Crippen molar-refractivity contribution in [1.82, 2.24) is 5.32 Å². The minimum atomic E-state index is 0.422. The highest BCUT2D eigenvalue weighted by molar-refractivity contribution is 6.20. The molecular formula is C12H22ClNO. The van der Waals surface area contributed by atoms with E-state index in [1.807, 2.05) is 0 Å². The summed E-state index contributed by atoms with van der Waals surface area (Å²) in [6, 6.07) is 0.680. The van der Waals surface area contributed by atoms with Crippen molar-refractivity contribution in [3.05, 3.63) is 0 Å². The normalized spacial score (nSPS) is 42.0. The molecule has 0 bridgehead atoms. The van der Waals surface area contributed by atoms with Crippen molar-refractivity contribution in [2.45, 2.75) is 69.1 Å². The van der Waals surface area contributed by atoms with Crippen molar-refractivity contribution in [2.75, 3.05) is 6.54 Å². The molecule has 0 aromatic rings. The predicted octanol–water partition coefficient (Wildman–Crippen LogP) is 2.69. The second-order valence-corrected chi connectivity index (χ2v) is 5.62. The van der Waals surface area contributed by atoms with Gasteiger partial charge in [0.05, 0.1) is 12.2 Å². The number of hydrogen-bond donors (Lipinski definition) is 1. The first-order valence-electron chi connectivity index (χ1n) is 6.27. The van der Waals surface area contributed by atoms with Crippen LogP contribution in [0.3, 0.4) is 0 Å². The number of halogens is 1. The maximum Gasteiger partial charge on any atom is 0.0704 e. The molecule has 88 valence electrons. The lowest BCUT2D eigenvalue weighted by atomic mass is 9.95. The molecule has 1 aliphatic carbocycles. The van der Waals surface area contributed by atoms with Gasteiger partial charge in [0.2, 0.25) is 0 Å². The molecule has 1 heterocycles. The summed E-state index contributed by atoms with van der Waals surface area (Å²) >= 11 is 6.08. The fourth-order valence-electron chi connectivity index (χ4n) is 2.59. The molecule has 0 aromatic heterocycles. The van der Waals surface area contributed by atoms with Gasteiger partial charge in [-0.05, 0) is 45.4 Å². The van der Waals surface area contributed by atoms with E-state index in [1.165, 1.54) is 38.5 Å². The minimum Gasteiger partial charge on any atom is -0.374 e. The number of ether oxygens (including phenoxy) is 1. The summed E-state index contributed by atoms with van der Waals surface area (Å²) in [5.74, 6) is 0. The molecule has 2 rings (SSSR count). The first kappa shape index (κ1) is 11.7. The summed E-state index contributed by atoms with van der Waals surface area (Å²) in [7, 11) is 0. The highest BCUT2D eigenvalue weighted by atomic mass is 35.5. The molecule has 1 aliphatic heterocycles. The lowest BCUT2D eigenvalue weighted by molar-refractivity contribution is 0.0535. The number of hydrogen-bond acceptors (Lipinski definition) is 2. The Kier molecular flexibility index (Phi) is 4.30. The number of nitrogens with one attached hydrogen (secondary N) is 1. The zero-order valence-corrected chi connectivity index (χ0v) is 10.3. The van der Waals surface area contributed by atoms with Gasteiger partial charge in [-0.3, -0.25) is 0 Å². The van der Waals surface area contributed by atoms with Gasteiger partial charge < -0.3 is 10.1 Å². The quantitative estimate of drug-likeness (QED) is 0.755. The summed E-state index contributed by atoms with van der Waals surface area (Å²) in [6.07, 6.45) is 8.17. The summed E-state index contributed by atoms with van der Waals surface area (Å²) < 4.78 is 5.78. The third kappa shape index (κ3) is 3.61. The second kappa shape index (κ2) is 5.51. The maximum atomic E-state index is 6.08. The molecule has 2 aliphatic rings. The average molecular weight is 232 g/mol. The van der Waals surface area contributed by atoms with Crippen LogP contribution in [-0.4, -0.2) is 30.2 Å². The highest BCUT2D eigenvalue weighted by Gasteiger charge is 2.24. The zero-order chi connectivity index (χ0) is 10.7. The van der Waals surface area contributed by atoms with Crippen LogP contribution < -0.4 is 5.32 Å². The van der Waals surface area contributed by atoms with Gasteiger partial charge in [-0.25, -0.2) is 0 Å². The van der Waals surface area contributed by atoms with Crippen LogP contribution in [0.2, 0.25) is 0 Å². The molecular weight excluding hydrogens is 210 g/mol. The Hall–Kier alpha value is 0.210. The standard InChI is InChI=1S/C12H22ClNO/c1-9-2-7-12(15-9)8-14-11-5-3-10(13)4-6-11/h9-12,14H,2-8H2,1H3. The second-order valence-electron chi connectivity index (χ2n) is 5.00. The number of rotatable bonds is 3. The molecule has 3 heteroatoms. The summed E-state index contributed by atoms with van der Waals surface area (Å²) in [6.45, 7) is 3.20. The lowest BCUT2D eigenvalue weighted by Gasteiger charge is -2.27. The van der Waals surface area contributed by atoms with Crippen LogP contribution in [-0.2, 0) is 4.74 Å². The molecule has 2 fully saturated rings. The largest absolute Gasteiger partial charge is 0.374 e. The molecule has 15 heavy (non-hydrogen) atoms. The maximum absolute atomic E-state index is 6.08.